The van der Waals surface area contributed by atoms with Gasteiger partial charge in [0.05, 0.1) is 18.1 Å². The molecule has 0 amide bonds. The molecule has 0 aliphatic heterocycles. The first-order valence-electron chi connectivity index (χ1n) is 5.51. The fraction of sp³-hybridized carbons (Fsp3) is 0.417. The van der Waals surface area contributed by atoms with Gasteiger partial charge in [-0.3, -0.25) is 5.10 Å². The van der Waals surface area contributed by atoms with Crippen molar-refractivity contribution in [2.75, 3.05) is 0 Å². The number of aromatic amines is 1. The van der Waals surface area contributed by atoms with Gasteiger partial charge in [-0.2, -0.15) is 5.10 Å². The summed E-state index contributed by atoms with van der Waals surface area (Å²) in [4.78, 5) is 0. The minimum absolute atomic E-state index is 0.236. The number of nitrogens with one attached hydrogen (secondary N) is 1. The molecule has 2 N–H and O–H groups in total. The number of rotatable bonds is 1. The summed E-state index contributed by atoms with van der Waals surface area (Å²) in [5.41, 5.74) is 2.92. The number of aromatic nitrogens is 2. The fourth-order valence-corrected chi connectivity index (χ4v) is 2.53. The lowest BCUT2D eigenvalue weighted by molar-refractivity contribution is 0.142. The molecule has 1 aliphatic rings. The third kappa shape index (κ3) is 1.38. The molecule has 0 saturated carbocycles. The molecular formula is C12H14N2O2. The summed E-state index contributed by atoms with van der Waals surface area (Å²) in [6.45, 7) is 1.95. The molecule has 3 rings (SSSR count). The van der Waals surface area contributed by atoms with Crippen molar-refractivity contribution in [1.29, 1.82) is 0 Å². The number of fused-ring (bicyclic) bond motifs is 1. The predicted octanol–water partition coefficient (Wildman–Crippen LogP) is 2.07. The van der Waals surface area contributed by atoms with Crippen molar-refractivity contribution in [2.45, 2.75) is 31.8 Å². The molecule has 0 saturated heterocycles. The summed E-state index contributed by atoms with van der Waals surface area (Å²) < 4.78 is 5.39. The van der Waals surface area contributed by atoms with E-state index in [1.54, 1.807) is 6.26 Å². The van der Waals surface area contributed by atoms with E-state index in [0.717, 1.165) is 29.1 Å². The van der Waals surface area contributed by atoms with Crippen LogP contribution in [-0.2, 0) is 6.42 Å². The van der Waals surface area contributed by atoms with Gasteiger partial charge in [0, 0.05) is 23.6 Å². The van der Waals surface area contributed by atoms with E-state index in [0.29, 0.717) is 6.42 Å². The highest BCUT2D eigenvalue weighted by atomic mass is 16.3. The van der Waals surface area contributed by atoms with Crippen LogP contribution in [0.15, 0.2) is 22.8 Å². The topological polar surface area (TPSA) is 62.0 Å². The normalized spacial score (nSPS) is 24.4. The number of furan rings is 1. The minimum atomic E-state index is -0.433. The van der Waals surface area contributed by atoms with Crippen LogP contribution >= 0.6 is 0 Å². The molecule has 0 radical (unpaired) electrons. The van der Waals surface area contributed by atoms with Crippen LogP contribution in [0.1, 0.15) is 41.2 Å². The van der Waals surface area contributed by atoms with Gasteiger partial charge in [-0.15, -0.1) is 0 Å². The summed E-state index contributed by atoms with van der Waals surface area (Å²) >= 11 is 0. The molecule has 2 aromatic rings. The third-order valence-corrected chi connectivity index (χ3v) is 3.30. The lowest BCUT2D eigenvalue weighted by Crippen LogP contribution is -2.16. The molecule has 0 aromatic carbocycles. The summed E-state index contributed by atoms with van der Waals surface area (Å²) in [6.07, 6.45) is 2.79. The van der Waals surface area contributed by atoms with Crippen molar-refractivity contribution in [3.8, 4) is 0 Å². The van der Waals surface area contributed by atoms with Gasteiger partial charge in [0.1, 0.15) is 5.76 Å². The number of H-pyrrole nitrogens is 1. The van der Waals surface area contributed by atoms with Crippen LogP contribution in [0, 0.1) is 6.92 Å². The second-order valence-corrected chi connectivity index (χ2v) is 4.38. The molecule has 2 unspecified atom stereocenters. The van der Waals surface area contributed by atoms with Gasteiger partial charge in [0.15, 0.2) is 0 Å². The standard InChI is InChI=1S/C12H14N2O2/c1-7-12-9(14-13-7)5-8(6-10(12)15)11-3-2-4-16-11/h2-4,8,10,15H,5-6H2,1H3,(H,13,14). The smallest absolute Gasteiger partial charge is 0.107 e. The number of aliphatic hydroxyl groups is 1. The molecule has 4 heteroatoms. The lowest BCUT2D eigenvalue weighted by Gasteiger charge is -2.24. The van der Waals surface area contributed by atoms with Crippen LogP contribution in [0.4, 0.5) is 0 Å². The SMILES string of the molecule is Cc1[nH]nc2c1C(O)CC(c1ccco1)C2. The molecule has 2 heterocycles. The van der Waals surface area contributed by atoms with Gasteiger partial charge in [-0.25, -0.2) is 0 Å². The Morgan fingerprint density at radius 3 is 3.19 bits per heavy atom. The lowest BCUT2D eigenvalue weighted by atomic mass is 9.83. The van der Waals surface area contributed by atoms with Crippen LogP contribution in [-0.4, -0.2) is 15.3 Å². The van der Waals surface area contributed by atoms with Crippen molar-refractivity contribution >= 4 is 0 Å². The van der Waals surface area contributed by atoms with Crippen LogP contribution in [0.5, 0.6) is 0 Å². The molecular weight excluding hydrogens is 204 g/mol. The highest BCUT2D eigenvalue weighted by Crippen LogP contribution is 2.38. The van der Waals surface area contributed by atoms with Gasteiger partial charge in [0.25, 0.3) is 0 Å². The van der Waals surface area contributed by atoms with Gasteiger partial charge < -0.3 is 9.52 Å². The Balaban J connectivity index is 1.95. The number of hydrogen-bond donors (Lipinski definition) is 2. The summed E-state index contributed by atoms with van der Waals surface area (Å²) in [6, 6.07) is 3.84. The van der Waals surface area contributed by atoms with Crippen LogP contribution in [0.25, 0.3) is 0 Å². The predicted molar refractivity (Wildman–Crippen MR) is 58.1 cm³/mol. The third-order valence-electron chi connectivity index (χ3n) is 3.30. The summed E-state index contributed by atoms with van der Waals surface area (Å²) in [7, 11) is 0. The van der Waals surface area contributed by atoms with Crippen molar-refractivity contribution in [2.24, 2.45) is 0 Å². The summed E-state index contributed by atoms with van der Waals surface area (Å²) in [5.74, 6) is 1.17. The van der Waals surface area contributed by atoms with E-state index < -0.39 is 6.10 Å². The van der Waals surface area contributed by atoms with E-state index in [4.69, 9.17) is 4.42 Å². The maximum absolute atomic E-state index is 10.1. The number of aryl methyl sites for hydroxylation is 1. The average molecular weight is 218 g/mol. The van der Waals surface area contributed by atoms with Gasteiger partial charge in [-0.1, -0.05) is 0 Å². The van der Waals surface area contributed by atoms with Crippen LogP contribution in [0.3, 0.4) is 0 Å². The molecule has 2 aromatic heterocycles. The Morgan fingerprint density at radius 2 is 2.44 bits per heavy atom. The first-order valence-corrected chi connectivity index (χ1v) is 5.51. The first-order chi connectivity index (χ1) is 7.75. The fourth-order valence-electron chi connectivity index (χ4n) is 2.53. The molecule has 16 heavy (non-hydrogen) atoms. The molecule has 2 atom stereocenters. The molecule has 84 valence electrons. The van der Waals surface area contributed by atoms with E-state index in [2.05, 4.69) is 10.2 Å². The van der Waals surface area contributed by atoms with Gasteiger partial charge >= 0.3 is 0 Å². The van der Waals surface area contributed by atoms with Crippen LogP contribution in [0.2, 0.25) is 0 Å². The van der Waals surface area contributed by atoms with E-state index in [-0.39, 0.29) is 5.92 Å². The van der Waals surface area contributed by atoms with Gasteiger partial charge in [0.2, 0.25) is 0 Å². The van der Waals surface area contributed by atoms with Gasteiger partial charge in [-0.05, 0) is 25.5 Å². The molecule has 0 bridgehead atoms. The summed E-state index contributed by atoms with van der Waals surface area (Å²) in [5, 5.41) is 17.3. The molecule has 0 fully saturated rings. The molecule has 1 aliphatic carbocycles. The van der Waals surface area contributed by atoms with Crippen molar-refractivity contribution in [3.05, 3.63) is 41.1 Å². The van der Waals surface area contributed by atoms with E-state index >= 15 is 0 Å². The Hall–Kier alpha value is -1.55. The minimum Gasteiger partial charge on any atom is -0.469 e. The zero-order valence-electron chi connectivity index (χ0n) is 9.10. The highest BCUT2D eigenvalue weighted by molar-refractivity contribution is 5.32. The second-order valence-electron chi connectivity index (χ2n) is 4.38. The number of aliphatic hydroxyl groups excluding tert-OH is 1. The monoisotopic (exact) mass is 218 g/mol. The Kier molecular flexibility index (Phi) is 2.11. The van der Waals surface area contributed by atoms with E-state index in [1.807, 2.05) is 19.1 Å². The quantitative estimate of drug-likeness (QED) is 0.770. The number of hydrogen-bond acceptors (Lipinski definition) is 3. The van der Waals surface area contributed by atoms with Crippen LogP contribution < -0.4 is 0 Å². The maximum Gasteiger partial charge on any atom is 0.107 e. The van der Waals surface area contributed by atoms with Crippen molar-refractivity contribution < 1.29 is 9.52 Å². The highest BCUT2D eigenvalue weighted by Gasteiger charge is 2.31. The zero-order valence-corrected chi connectivity index (χ0v) is 9.10. The number of nitrogens with zero attached hydrogens (tertiary/aromatic N) is 1. The Bertz CT molecular complexity index is 487. The second kappa shape index (κ2) is 3.49. The van der Waals surface area contributed by atoms with Crippen molar-refractivity contribution in [1.82, 2.24) is 10.2 Å². The van der Waals surface area contributed by atoms with E-state index in [9.17, 15) is 5.11 Å². The zero-order chi connectivity index (χ0) is 11.1. The molecule has 4 nitrogen and oxygen atoms in total. The average Bonchev–Trinajstić information content (AvgIpc) is 2.87. The maximum atomic E-state index is 10.1. The molecule has 0 spiro atoms. The Morgan fingerprint density at radius 1 is 1.56 bits per heavy atom. The first kappa shape index (κ1) is 9.66. The van der Waals surface area contributed by atoms with Crippen molar-refractivity contribution in [3.63, 3.8) is 0 Å². The Labute approximate surface area is 93.3 Å². The largest absolute Gasteiger partial charge is 0.469 e. The van der Waals surface area contributed by atoms with E-state index in [1.165, 1.54) is 0 Å².